The third-order valence-electron chi connectivity index (χ3n) is 2.26. The molecule has 0 aliphatic carbocycles. The van der Waals surface area contributed by atoms with Crippen LogP contribution < -0.4 is 4.35 Å². The second-order valence-electron chi connectivity index (χ2n) is 3.35. The molecular formula is C13H8AsFO. The molecule has 0 saturated carbocycles. The molecule has 78 valence electrons. The Balaban J connectivity index is 2.40. The zero-order valence-corrected chi connectivity index (χ0v) is 10.2. The molecule has 0 N–H and O–H groups in total. The first-order valence-corrected chi connectivity index (χ1v) is 5.70. The van der Waals surface area contributed by atoms with Crippen LogP contribution in [0, 0.1) is 5.82 Å². The molecule has 0 aliphatic heterocycles. The van der Waals surface area contributed by atoms with Gasteiger partial charge in [-0.1, -0.05) is 0 Å². The molecule has 0 fully saturated rings. The van der Waals surface area contributed by atoms with Crippen molar-refractivity contribution in [1.82, 2.24) is 0 Å². The summed E-state index contributed by atoms with van der Waals surface area (Å²) >= 11 is 2.36. The van der Waals surface area contributed by atoms with Gasteiger partial charge in [-0.25, -0.2) is 0 Å². The molecule has 0 amide bonds. The van der Waals surface area contributed by atoms with Crippen LogP contribution in [0.25, 0.3) is 0 Å². The molecule has 0 aromatic heterocycles. The molecule has 0 spiro atoms. The van der Waals surface area contributed by atoms with Gasteiger partial charge in [0, 0.05) is 0 Å². The van der Waals surface area contributed by atoms with Crippen molar-refractivity contribution >= 4 is 27.0 Å². The van der Waals surface area contributed by atoms with E-state index in [1.165, 1.54) is 24.3 Å². The fourth-order valence-electron chi connectivity index (χ4n) is 1.42. The molecule has 2 rings (SSSR count). The molecule has 0 saturated heterocycles. The van der Waals surface area contributed by atoms with Gasteiger partial charge in [0.25, 0.3) is 0 Å². The summed E-state index contributed by atoms with van der Waals surface area (Å²) < 4.78 is 13.6. The molecule has 3 heteroatoms. The van der Waals surface area contributed by atoms with Gasteiger partial charge in [-0.05, 0) is 0 Å². The van der Waals surface area contributed by atoms with Gasteiger partial charge in [-0.15, -0.1) is 0 Å². The van der Waals surface area contributed by atoms with Crippen molar-refractivity contribution in [2.75, 3.05) is 0 Å². The van der Waals surface area contributed by atoms with Gasteiger partial charge in [0.05, 0.1) is 0 Å². The number of hydrogen-bond donors (Lipinski definition) is 0. The van der Waals surface area contributed by atoms with Crippen molar-refractivity contribution in [2.45, 2.75) is 0 Å². The minimum absolute atomic E-state index is 0.0868. The van der Waals surface area contributed by atoms with Crippen LogP contribution in [0.5, 0.6) is 0 Å². The van der Waals surface area contributed by atoms with Crippen LogP contribution in [-0.4, -0.2) is 22.6 Å². The summed E-state index contributed by atoms with van der Waals surface area (Å²) in [6, 6.07) is 12.9. The van der Waals surface area contributed by atoms with Gasteiger partial charge in [-0.3, -0.25) is 0 Å². The predicted octanol–water partition coefficient (Wildman–Crippen LogP) is 1.85. The molecule has 2 aromatic carbocycles. The predicted molar refractivity (Wildman–Crippen MR) is 61.7 cm³/mol. The summed E-state index contributed by atoms with van der Waals surface area (Å²) in [6.07, 6.45) is 0. The zero-order valence-electron chi connectivity index (χ0n) is 8.35. The summed E-state index contributed by atoms with van der Waals surface area (Å²) in [6.45, 7) is 0. The molecule has 2 aromatic rings. The van der Waals surface area contributed by atoms with E-state index in [-0.39, 0.29) is 11.6 Å². The summed E-state index contributed by atoms with van der Waals surface area (Å²) in [5.41, 5.74) is 1.13. The van der Waals surface area contributed by atoms with E-state index in [0.29, 0.717) is 11.1 Å². The normalized spacial score (nSPS) is 10.1. The number of halogens is 1. The minimum atomic E-state index is -0.336. The maximum absolute atomic E-state index is 12.7. The van der Waals surface area contributed by atoms with Gasteiger partial charge >= 0.3 is 102 Å². The van der Waals surface area contributed by atoms with Crippen molar-refractivity contribution in [3.05, 3.63) is 65.5 Å². The maximum atomic E-state index is 12.7. The van der Waals surface area contributed by atoms with Gasteiger partial charge in [0.15, 0.2) is 0 Å². The molecule has 0 unspecified atom stereocenters. The summed E-state index contributed by atoms with van der Waals surface area (Å²) in [7, 11) is 0. The second-order valence-corrected chi connectivity index (χ2v) is 4.36. The molecule has 0 aliphatic rings. The van der Waals surface area contributed by atoms with E-state index < -0.39 is 0 Å². The quantitative estimate of drug-likeness (QED) is 0.603. The van der Waals surface area contributed by atoms with Crippen LogP contribution in [0.1, 0.15) is 15.9 Å². The standard InChI is InChI=1S/C13H8AsFO/c14-12-4-2-1-3-11(12)13(16)9-5-7-10(15)8-6-9/h1-8H. The monoisotopic (exact) mass is 274 g/mol. The fraction of sp³-hybridized carbons (Fsp3) is 0. The SMILES string of the molecule is O=C(c1ccc(F)cc1)c1ccccc1[As]. The van der Waals surface area contributed by atoms with Crippen molar-refractivity contribution < 1.29 is 9.18 Å². The van der Waals surface area contributed by atoms with Crippen LogP contribution in [0.15, 0.2) is 48.5 Å². The molecule has 1 nitrogen and oxygen atoms in total. The molecule has 0 atom stereocenters. The van der Waals surface area contributed by atoms with Crippen molar-refractivity contribution in [2.24, 2.45) is 0 Å². The third-order valence-corrected chi connectivity index (χ3v) is 3.07. The first-order chi connectivity index (χ1) is 7.68. The van der Waals surface area contributed by atoms with E-state index >= 15 is 0 Å². The van der Waals surface area contributed by atoms with E-state index in [1.54, 1.807) is 6.07 Å². The van der Waals surface area contributed by atoms with E-state index in [2.05, 4.69) is 16.9 Å². The Kier molecular flexibility index (Phi) is 3.21. The van der Waals surface area contributed by atoms with E-state index in [4.69, 9.17) is 0 Å². The fourth-order valence-corrected chi connectivity index (χ4v) is 1.97. The molecular weight excluding hydrogens is 266 g/mol. The van der Waals surface area contributed by atoms with Gasteiger partial charge in [0.2, 0.25) is 0 Å². The Morgan fingerprint density at radius 2 is 1.62 bits per heavy atom. The molecule has 16 heavy (non-hydrogen) atoms. The van der Waals surface area contributed by atoms with Crippen molar-refractivity contribution in [3.8, 4) is 0 Å². The van der Waals surface area contributed by atoms with E-state index in [0.717, 1.165) is 4.35 Å². The van der Waals surface area contributed by atoms with Crippen LogP contribution >= 0.6 is 0 Å². The first kappa shape index (κ1) is 11.1. The van der Waals surface area contributed by atoms with E-state index in [9.17, 15) is 9.18 Å². The molecule has 0 bridgehead atoms. The average molecular weight is 274 g/mol. The topological polar surface area (TPSA) is 17.1 Å². The summed E-state index contributed by atoms with van der Waals surface area (Å²) in [5.74, 6) is -0.423. The zero-order chi connectivity index (χ0) is 11.5. The Morgan fingerprint density at radius 1 is 1.00 bits per heavy atom. The van der Waals surface area contributed by atoms with Crippen molar-refractivity contribution in [1.29, 1.82) is 0 Å². The number of rotatable bonds is 2. The number of hydrogen-bond acceptors (Lipinski definition) is 1. The first-order valence-electron chi connectivity index (χ1n) is 4.77. The Hall–Kier alpha value is -1.40. The number of carbonyl (C=O) groups excluding carboxylic acids is 1. The van der Waals surface area contributed by atoms with Crippen LogP contribution in [0.3, 0.4) is 0 Å². The summed E-state index contributed by atoms with van der Waals surface area (Å²) in [5, 5.41) is 0. The van der Waals surface area contributed by atoms with Crippen LogP contribution in [0.4, 0.5) is 4.39 Å². The van der Waals surface area contributed by atoms with E-state index in [1.807, 2.05) is 18.2 Å². The van der Waals surface area contributed by atoms with Crippen LogP contribution in [-0.2, 0) is 0 Å². The Morgan fingerprint density at radius 3 is 2.25 bits per heavy atom. The molecule has 2 radical (unpaired) electrons. The van der Waals surface area contributed by atoms with Crippen molar-refractivity contribution in [3.63, 3.8) is 0 Å². The second kappa shape index (κ2) is 4.63. The summed E-state index contributed by atoms with van der Waals surface area (Å²) in [4.78, 5) is 12.0. The van der Waals surface area contributed by atoms with Gasteiger partial charge in [-0.2, -0.15) is 0 Å². The van der Waals surface area contributed by atoms with Crippen LogP contribution in [0.2, 0.25) is 0 Å². The number of carbonyl (C=O) groups is 1. The average Bonchev–Trinajstić information content (AvgIpc) is 2.30. The number of ketones is 1. The van der Waals surface area contributed by atoms with Gasteiger partial charge < -0.3 is 0 Å². The Bertz CT molecular complexity index is 520. The Labute approximate surface area is 102 Å². The van der Waals surface area contributed by atoms with Gasteiger partial charge in [0.1, 0.15) is 0 Å². The molecule has 0 heterocycles. The number of benzene rings is 2. The third kappa shape index (κ3) is 2.23.